The van der Waals surface area contributed by atoms with Gasteiger partial charge in [0, 0.05) is 32.0 Å². The Hall–Kier alpha value is -4.23. The smallest absolute Gasteiger partial charge is 0.322 e. The van der Waals surface area contributed by atoms with E-state index in [1.54, 1.807) is 18.2 Å². The number of benzene rings is 2. The molecule has 0 amide bonds. The van der Waals surface area contributed by atoms with Crippen LogP contribution in [0.15, 0.2) is 57.2 Å². The number of fused-ring (bicyclic) bond motifs is 1. The van der Waals surface area contributed by atoms with Gasteiger partial charge < -0.3 is 24.9 Å². The van der Waals surface area contributed by atoms with E-state index in [1.807, 2.05) is 12.2 Å². The third-order valence-corrected chi connectivity index (χ3v) is 7.76. The molecule has 0 bridgehead atoms. The van der Waals surface area contributed by atoms with Gasteiger partial charge in [0.15, 0.2) is 11.5 Å². The molecule has 1 aliphatic heterocycles. The summed E-state index contributed by atoms with van der Waals surface area (Å²) in [5.41, 5.74) is 0.695. The number of ether oxygens (including phenoxy) is 2. The molecular formula is C27H31N5O7S. The van der Waals surface area contributed by atoms with Crippen LogP contribution in [0.25, 0.3) is 17.0 Å². The second kappa shape index (κ2) is 12.7. The second-order valence-electron chi connectivity index (χ2n) is 9.09. The summed E-state index contributed by atoms with van der Waals surface area (Å²) in [6.45, 7) is 1.46. The zero-order chi connectivity index (χ0) is 28.7. The molecule has 2 heterocycles. The van der Waals surface area contributed by atoms with Gasteiger partial charge in [-0.25, -0.2) is 13.4 Å². The van der Waals surface area contributed by atoms with Crippen molar-refractivity contribution in [1.82, 2.24) is 20.0 Å². The summed E-state index contributed by atoms with van der Waals surface area (Å²) in [4.78, 5) is 35.9. The van der Waals surface area contributed by atoms with E-state index in [2.05, 4.69) is 25.0 Å². The van der Waals surface area contributed by atoms with Crippen molar-refractivity contribution in [3.63, 3.8) is 0 Å². The van der Waals surface area contributed by atoms with Crippen LogP contribution in [0.1, 0.15) is 30.7 Å². The van der Waals surface area contributed by atoms with Gasteiger partial charge in [0.25, 0.3) is 5.56 Å². The number of nitrogens with zero attached hydrogens (tertiary/aromatic N) is 2. The molecule has 0 aliphatic carbocycles. The third-order valence-electron chi connectivity index (χ3n) is 6.30. The maximum absolute atomic E-state index is 12.9. The zero-order valence-corrected chi connectivity index (χ0v) is 23.0. The van der Waals surface area contributed by atoms with Crippen LogP contribution in [0.5, 0.6) is 11.5 Å². The van der Waals surface area contributed by atoms with Crippen LogP contribution in [-0.2, 0) is 21.2 Å². The Bertz CT molecular complexity index is 1620. The predicted octanol–water partition coefficient (Wildman–Crippen LogP) is 2.10. The van der Waals surface area contributed by atoms with Gasteiger partial charge in [-0.3, -0.25) is 14.6 Å². The second-order valence-corrected chi connectivity index (χ2v) is 10.8. The topological polar surface area (TPSA) is 172 Å². The lowest BCUT2D eigenvalue weighted by Gasteiger charge is -2.16. The van der Waals surface area contributed by atoms with Gasteiger partial charge in [0.05, 0.1) is 35.9 Å². The molecule has 4 rings (SSSR count). The maximum Gasteiger partial charge on any atom is 0.322 e. The predicted molar refractivity (Wildman–Crippen MR) is 151 cm³/mol. The molecule has 1 aromatic heterocycles. The van der Waals surface area contributed by atoms with E-state index in [9.17, 15) is 23.1 Å². The van der Waals surface area contributed by atoms with Crippen LogP contribution in [0.3, 0.4) is 0 Å². The van der Waals surface area contributed by atoms with Gasteiger partial charge in [-0.2, -0.15) is 4.72 Å². The average molecular weight is 570 g/mol. The average Bonchev–Trinajstić information content (AvgIpc) is 2.95. The van der Waals surface area contributed by atoms with Crippen LogP contribution < -0.4 is 25.1 Å². The SMILES string of the molecule is COc1ccc(S(=O)(=O)N[C@@H](Cc2nc3ccc(/C=C/CNC4=NCCCC4)cc3c(=O)[nH]2)C(=O)O)cc1OC. The molecule has 13 heteroatoms. The molecule has 2 aromatic carbocycles. The minimum atomic E-state index is -4.27. The summed E-state index contributed by atoms with van der Waals surface area (Å²) >= 11 is 0. The first kappa shape index (κ1) is 28.8. The summed E-state index contributed by atoms with van der Waals surface area (Å²) < 4.78 is 38.3. The number of carbonyl (C=O) groups is 1. The van der Waals surface area contributed by atoms with Gasteiger partial charge >= 0.3 is 5.97 Å². The highest BCUT2D eigenvalue weighted by atomic mass is 32.2. The number of hydrogen-bond donors (Lipinski definition) is 4. The first-order valence-corrected chi connectivity index (χ1v) is 14.1. The lowest BCUT2D eigenvalue weighted by atomic mass is 10.1. The van der Waals surface area contributed by atoms with Gasteiger partial charge in [-0.05, 0) is 42.7 Å². The van der Waals surface area contributed by atoms with Crippen molar-refractivity contribution in [3.8, 4) is 11.5 Å². The first-order chi connectivity index (χ1) is 19.2. The molecule has 212 valence electrons. The Kier molecular flexibility index (Phi) is 9.17. The summed E-state index contributed by atoms with van der Waals surface area (Å²) in [5.74, 6) is 0.0924. The maximum atomic E-state index is 12.9. The molecule has 0 spiro atoms. The van der Waals surface area contributed by atoms with Crippen molar-refractivity contribution < 1.29 is 27.8 Å². The van der Waals surface area contributed by atoms with Crippen molar-refractivity contribution in [2.45, 2.75) is 36.6 Å². The van der Waals surface area contributed by atoms with Crippen molar-refractivity contribution in [3.05, 3.63) is 64.2 Å². The number of carboxylic acid groups (broad SMARTS) is 1. The Morgan fingerprint density at radius 3 is 2.65 bits per heavy atom. The Labute approximate surface area is 231 Å². The molecule has 0 saturated carbocycles. The number of aromatic nitrogens is 2. The van der Waals surface area contributed by atoms with Crippen LogP contribution >= 0.6 is 0 Å². The monoisotopic (exact) mass is 569 g/mol. The third kappa shape index (κ3) is 7.04. The number of aromatic amines is 1. The summed E-state index contributed by atoms with van der Waals surface area (Å²) in [6, 6.07) is 7.44. The van der Waals surface area contributed by atoms with E-state index >= 15 is 0 Å². The number of amidine groups is 1. The molecule has 0 radical (unpaired) electrons. The first-order valence-electron chi connectivity index (χ1n) is 12.6. The van der Waals surface area contributed by atoms with E-state index in [-0.39, 0.29) is 22.9 Å². The normalized spacial score (nSPS) is 14.6. The Balaban J connectivity index is 1.49. The summed E-state index contributed by atoms with van der Waals surface area (Å²) in [6.07, 6.45) is 6.64. The number of H-pyrrole nitrogens is 1. The van der Waals surface area contributed by atoms with E-state index < -0.39 is 27.6 Å². The van der Waals surface area contributed by atoms with Crippen LogP contribution in [-0.4, -0.2) is 68.6 Å². The molecule has 1 aliphatic rings. The summed E-state index contributed by atoms with van der Waals surface area (Å²) in [5, 5.41) is 13.3. The molecule has 0 unspecified atom stereocenters. The molecular weight excluding hydrogens is 538 g/mol. The lowest BCUT2D eigenvalue weighted by molar-refractivity contribution is -0.139. The lowest BCUT2D eigenvalue weighted by Crippen LogP contribution is -2.42. The van der Waals surface area contributed by atoms with E-state index in [1.165, 1.54) is 32.4 Å². The molecule has 1 atom stereocenters. The minimum absolute atomic E-state index is 0.0284. The number of rotatable bonds is 11. The van der Waals surface area contributed by atoms with Gasteiger partial charge in [-0.1, -0.05) is 18.2 Å². The van der Waals surface area contributed by atoms with Crippen molar-refractivity contribution in [2.24, 2.45) is 4.99 Å². The highest BCUT2D eigenvalue weighted by Gasteiger charge is 2.27. The van der Waals surface area contributed by atoms with E-state index in [0.717, 1.165) is 37.2 Å². The Morgan fingerprint density at radius 2 is 1.95 bits per heavy atom. The molecule has 4 N–H and O–H groups in total. The quantitative estimate of drug-likeness (QED) is 0.270. The van der Waals surface area contributed by atoms with Crippen LogP contribution in [0.2, 0.25) is 0 Å². The number of methoxy groups -OCH3 is 2. The highest BCUT2D eigenvalue weighted by Crippen LogP contribution is 2.29. The van der Waals surface area contributed by atoms with Gasteiger partial charge in [-0.15, -0.1) is 0 Å². The minimum Gasteiger partial charge on any atom is -0.493 e. The van der Waals surface area contributed by atoms with Gasteiger partial charge in [0.2, 0.25) is 10.0 Å². The highest BCUT2D eigenvalue weighted by molar-refractivity contribution is 7.89. The molecule has 3 aromatic rings. The van der Waals surface area contributed by atoms with Gasteiger partial charge in [0.1, 0.15) is 11.9 Å². The fourth-order valence-corrected chi connectivity index (χ4v) is 5.43. The standard InChI is InChI=1S/C27H31N5O7S/c1-38-22-11-9-18(15-23(22)39-2)40(36,37)32-21(27(34)35)16-25-30-20-10-8-17(14-19(20)26(33)31-25)6-5-13-29-24-7-3-4-12-28-24/h5-6,8-11,14-15,21,32H,3-4,7,12-13,16H2,1-2H3,(H,28,29)(H,34,35)(H,30,31,33)/b6-5+/t21-/m0/s1. The molecule has 40 heavy (non-hydrogen) atoms. The molecule has 12 nitrogen and oxygen atoms in total. The van der Waals surface area contributed by atoms with Crippen LogP contribution in [0.4, 0.5) is 0 Å². The fourth-order valence-electron chi connectivity index (χ4n) is 4.23. The molecule has 0 fully saturated rings. The number of sulfonamides is 1. The Morgan fingerprint density at radius 1 is 1.15 bits per heavy atom. The van der Waals surface area contributed by atoms with E-state index in [0.29, 0.717) is 23.2 Å². The summed E-state index contributed by atoms with van der Waals surface area (Å²) in [7, 11) is -1.50. The zero-order valence-electron chi connectivity index (χ0n) is 22.1. The van der Waals surface area contributed by atoms with Crippen molar-refractivity contribution in [1.29, 1.82) is 0 Å². The number of nitrogens with one attached hydrogen (secondary N) is 3. The number of hydrogen-bond acceptors (Lipinski definition) is 9. The van der Waals surface area contributed by atoms with E-state index in [4.69, 9.17) is 9.47 Å². The van der Waals surface area contributed by atoms with Crippen LogP contribution in [0, 0.1) is 0 Å². The largest absolute Gasteiger partial charge is 0.493 e. The van der Waals surface area contributed by atoms with Crippen molar-refractivity contribution in [2.75, 3.05) is 27.3 Å². The van der Waals surface area contributed by atoms with Crippen molar-refractivity contribution >= 4 is 38.8 Å². The number of aliphatic imine (C=N–C) groups is 1. The fraction of sp³-hybridized carbons (Fsp3) is 0.333. The number of carboxylic acids is 1. The molecule has 0 saturated heterocycles. The number of aliphatic carboxylic acids is 1.